The van der Waals surface area contributed by atoms with Crippen LogP contribution in [0, 0.1) is 6.92 Å². The summed E-state index contributed by atoms with van der Waals surface area (Å²) in [6.07, 6.45) is 1.79. The Morgan fingerprint density at radius 1 is 1.53 bits per heavy atom. The summed E-state index contributed by atoms with van der Waals surface area (Å²) in [6, 6.07) is 5.71. The quantitative estimate of drug-likeness (QED) is 0.881. The molecule has 6 heteroatoms. The van der Waals surface area contributed by atoms with Gasteiger partial charge in [-0.2, -0.15) is 5.10 Å². The van der Waals surface area contributed by atoms with Crippen molar-refractivity contribution < 1.29 is 4.74 Å². The molecule has 0 saturated carbocycles. The topological polar surface area (TPSA) is 53.1 Å². The number of ether oxygens (including phenoxy) is 1. The average molecular weight is 296 g/mol. The van der Waals surface area contributed by atoms with Crippen LogP contribution < -0.4 is 10.5 Å². The summed E-state index contributed by atoms with van der Waals surface area (Å²) in [6.45, 7) is 2.47. The monoisotopic (exact) mass is 295 g/mol. The fourth-order valence-electron chi connectivity index (χ4n) is 1.81. The maximum Gasteiger partial charge on any atom is 0.129 e. The fourth-order valence-corrected chi connectivity index (χ4v) is 2.12. The van der Waals surface area contributed by atoms with Gasteiger partial charge in [-0.05, 0) is 24.6 Å². The second-order valence-corrected chi connectivity index (χ2v) is 5.01. The van der Waals surface area contributed by atoms with Crippen LogP contribution in [0.3, 0.4) is 0 Å². The van der Waals surface area contributed by atoms with E-state index in [1.54, 1.807) is 18.0 Å². The lowest BCUT2D eigenvalue weighted by atomic mass is 10.1. The van der Waals surface area contributed by atoms with Crippen molar-refractivity contribution in [3.63, 3.8) is 0 Å². The Labute approximate surface area is 122 Å². The van der Waals surface area contributed by atoms with Gasteiger partial charge in [-0.1, -0.05) is 29.9 Å². The first-order valence-electron chi connectivity index (χ1n) is 5.67. The molecule has 1 aromatic carbocycles. The molecule has 2 rings (SSSR count). The maximum atomic E-state index is 5.98. The predicted molar refractivity (Wildman–Crippen MR) is 80.0 cm³/mol. The van der Waals surface area contributed by atoms with Crippen molar-refractivity contribution in [2.24, 2.45) is 5.73 Å². The summed E-state index contributed by atoms with van der Waals surface area (Å²) < 4.78 is 7.00. The summed E-state index contributed by atoms with van der Waals surface area (Å²) in [4.78, 5) is 0.313. The highest BCUT2D eigenvalue weighted by atomic mass is 35.5. The van der Waals surface area contributed by atoms with Crippen molar-refractivity contribution in [2.75, 3.05) is 7.11 Å². The first-order valence-corrected chi connectivity index (χ1v) is 6.46. The Kier molecular flexibility index (Phi) is 4.07. The third kappa shape index (κ3) is 3.05. The number of nitrogens with two attached hydrogens (primary N) is 1. The maximum absolute atomic E-state index is 5.98. The molecule has 0 fully saturated rings. The minimum atomic E-state index is 0.313. The van der Waals surface area contributed by atoms with Gasteiger partial charge in [0.1, 0.15) is 10.7 Å². The molecule has 0 bridgehead atoms. The fraction of sp³-hybridized carbons (Fsp3) is 0.231. The van der Waals surface area contributed by atoms with Crippen molar-refractivity contribution in [2.45, 2.75) is 13.5 Å². The van der Waals surface area contributed by atoms with Gasteiger partial charge in [0.2, 0.25) is 0 Å². The molecule has 0 amide bonds. The largest absolute Gasteiger partial charge is 0.496 e. The van der Waals surface area contributed by atoms with Crippen molar-refractivity contribution in [3.8, 4) is 5.75 Å². The van der Waals surface area contributed by atoms with Gasteiger partial charge in [-0.25, -0.2) is 0 Å². The molecule has 0 unspecified atom stereocenters. The van der Waals surface area contributed by atoms with E-state index in [1.807, 2.05) is 25.1 Å². The van der Waals surface area contributed by atoms with Crippen molar-refractivity contribution in [1.82, 2.24) is 9.78 Å². The second kappa shape index (κ2) is 5.59. The summed E-state index contributed by atoms with van der Waals surface area (Å²) >= 11 is 11.0. The molecule has 2 N–H and O–H groups in total. The third-order valence-corrected chi connectivity index (χ3v) is 3.35. The summed E-state index contributed by atoms with van der Waals surface area (Å²) in [5.74, 6) is 0.672. The first-order chi connectivity index (χ1) is 9.01. The number of aryl methyl sites for hydroxylation is 1. The van der Waals surface area contributed by atoms with E-state index in [9.17, 15) is 0 Å². The van der Waals surface area contributed by atoms with Gasteiger partial charge >= 0.3 is 0 Å². The van der Waals surface area contributed by atoms with E-state index in [1.165, 1.54) is 0 Å². The van der Waals surface area contributed by atoms with Gasteiger partial charge in [-0.3, -0.25) is 4.68 Å². The lowest BCUT2D eigenvalue weighted by molar-refractivity contribution is 0.414. The molecule has 0 saturated heterocycles. The van der Waals surface area contributed by atoms with E-state index in [4.69, 9.17) is 34.3 Å². The Hall–Kier alpha value is -1.59. The van der Waals surface area contributed by atoms with Crippen molar-refractivity contribution in [1.29, 1.82) is 0 Å². The highest BCUT2D eigenvalue weighted by Crippen LogP contribution is 2.21. The minimum absolute atomic E-state index is 0.313. The Morgan fingerprint density at radius 2 is 2.26 bits per heavy atom. The van der Waals surface area contributed by atoms with E-state index < -0.39 is 0 Å². The highest BCUT2D eigenvalue weighted by molar-refractivity contribution is 7.80. The van der Waals surface area contributed by atoms with Crippen LogP contribution in [0.4, 0.5) is 0 Å². The van der Waals surface area contributed by atoms with E-state index >= 15 is 0 Å². The SMILES string of the molecule is COc1ccc(Cn2cc(Cl)c(C)n2)cc1C(N)=S. The molecular formula is C13H14ClN3OS. The number of benzene rings is 1. The first kappa shape index (κ1) is 13.8. The number of hydrogen-bond acceptors (Lipinski definition) is 3. The number of methoxy groups -OCH3 is 1. The summed E-state index contributed by atoms with van der Waals surface area (Å²) in [5.41, 5.74) is 8.26. The summed E-state index contributed by atoms with van der Waals surface area (Å²) in [7, 11) is 1.59. The molecule has 4 nitrogen and oxygen atoms in total. The molecule has 1 aromatic heterocycles. The van der Waals surface area contributed by atoms with Gasteiger partial charge in [0.15, 0.2) is 0 Å². The molecule has 0 aliphatic carbocycles. The van der Waals surface area contributed by atoms with Crippen LogP contribution in [0.1, 0.15) is 16.8 Å². The number of nitrogens with zero attached hydrogens (tertiary/aromatic N) is 2. The Morgan fingerprint density at radius 3 is 2.79 bits per heavy atom. The molecule has 0 spiro atoms. The smallest absolute Gasteiger partial charge is 0.129 e. The number of aromatic nitrogens is 2. The molecule has 0 radical (unpaired) electrons. The normalized spacial score (nSPS) is 10.5. The van der Waals surface area contributed by atoms with E-state index in [0.29, 0.717) is 22.3 Å². The van der Waals surface area contributed by atoms with Crippen molar-refractivity contribution >= 4 is 28.8 Å². The summed E-state index contributed by atoms with van der Waals surface area (Å²) in [5, 5.41) is 4.97. The second-order valence-electron chi connectivity index (χ2n) is 4.16. The molecular weight excluding hydrogens is 282 g/mol. The minimum Gasteiger partial charge on any atom is -0.496 e. The zero-order valence-electron chi connectivity index (χ0n) is 10.7. The average Bonchev–Trinajstić information content (AvgIpc) is 2.68. The van der Waals surface area contributed by atoms with Crippen molar-refractivity contribution in [3.05, 3.63) is 46.2 Å². The predicted octanol–water partition coefficient (Wildman–Crippen LogP) is 2.54. The van der Waals surface area contributed by atoms with Gasteiger partial charge < -0.3 is 10.5 Å². The highest BCUT2D eigenvalue weighted by Gasteiger charge is 2.08. The van der Waals surface area contributed by atoms with Gasteiger partial charge in [0, 0.05) is 6.20 Å². The van der Waals surface area contributed by atoms with Crippen LogP contribution in [0.2, 0.25) is 5.02 Å². The number of hydrogen-bond donors (Lipinski definition) is 1. The molecule has 100 valence electrons. The standard InChI is InChI=1S/C13H14ClN3OS/c1-8-11(14)7-17(16-8)6-9-3-4-12(18-2)10(5-9)13(15)19/h3-5,7H,6H2,1-2H3,(H2,15,19). The molecule has 19 heavy (non-hydrogen) atoms. The van der Waals surface area contributed by atoms with E-state index in [2.05, 4.69) is 5.10 Å². The van der Waals surface area contributed by atoms with Gasteiger partial charge in [0.05, 0.1) is 29.9 Å². The Balaban J connectivity index is 2.30. The number of thiocarbonyl (C=S) groups is 1. The molecule has 0 aliphatic heterocycles. The lowest BCUT2D eigenvalue weighted by Gasteiger charge is -2.09. The Bertz CT molecular complexity index is 605. The van der Waals surface area contributed by atoms with Crippen LogP contribution in [-0.4, -0.2) is 21.9 Å². The van der Waals surface area contributed by atoms with Gasteiger partial charge in [-0.15, -0.1) is 0 Å². The zero-order valence-corrected chi connectivity index (χ0v) is 12.3. The number of halogens is 1. The zero-order chi connectivity index (χ0) is 14.0. The number of rotatable bonds is 4. The van der Waals surface area contributed by atoms with Crippen LogP contribution in [0.5, 0.6) is 5.75 Å². The van der Waals surface area contributed by atoms with Gasteiger partial charge in [0.25, 0.3) is 0 Å². The van der Waals surface area contributed by atoms with E-state index in [0.717, 1.165) is 16.8 Å². The van der Waals surface area contributed by atoms with Crippen LogP contribution in [-0.2, 0) is 6.54 Å². The molecule has 2 aromatic rings. The van der Waals surface area contributed by atoms with Crippen LogP contribution in [0.15, 0.2) is 24.4 Å². The molecule has 1 heterocycles. The van der Waals surface area contributed by atoms with Crippen LogP contribution >= 0.6 is 23.8 Å². The lowest BCUT2D eigenvalue weighted by Crippen LogP contribution is -2.12. The molecule has 0 atom stereocenters. The van der Waals surface area contributed by atoms with E-state index in [-0.39, 0.29) is 0 Å². The van der Waals surface area contributed by atoms with Crippen LogP contribution in [0.25, 0.3) is 0 Å². The third-order valence-electron chi connectivity index (χ3n) is 2.76. The molecule has 0 aliphatic rings.